The number of para-hydroxylation sites is 5. The van der Waals surface area contributed by atoms with Crippen molar-refractivity contribution in [1.29, 1.82) is 0 Å². The average molecular weight is 762 g/mol. The zero-order chi connectivity index (χ0) is 38.5. The quantitative estimate of drug-likeness (QED) is 0.114. The van der Waals surface area contributed by atoms with E-state index in [-0.39, 0.29) is 0 Å². The lowest BCUT2D eigenvalue weighted by Crippen LogP contribution is -2.71. The van der Waals surface area contributed by atoms with Crippen LogP contribution < -0.4 is 20.0 Å². The van der Waals surface area contributed by atoms with Crippen LogP contribution in [-0.4, -0.2) is 32.4 Å². The van der Waals surface area contributed by atoms with E-state index >= 15 is 0 Å². The van der Waals surface area contributed by atoms with E-state index in [2.05, 4.69) is 191 Å². The molecule has 274 valence electrons. The normalized spacial score (nSPS) is 11.8. The highest BCUT2D eigenvalue weighted by Crippen LogP contribution is 2.34. The van der Waals surface area contributed by atoms with Gasteiger partial charge in [-0.05, 0) is 58.0 Å². The molecule has 0 fully saturated rings. The molecule has 11 aromatic rings. The maximum absolute atomic E-state index is 7.39. The summed E-state index contributed by atoms with van der Waals surface area (Å²) in [5.41, 5.74) is 4.97. The molecule has 11 rings (SSSR count). The van der Waals surface area contributed by atoms with Crippen molar-refractivity contribution < 1.29 is 4.43 Å². The molecule has 0 amide bonds. The Bertz CT molecular complexity index is 2990. The average Bonchev–Trinajstić information content (AvgIpc) is 3.82. The van der Waals surface area contributed by atoms with Crippen molar-refractivity contribution >= 4 is 67.5 Å². The zero-order valence-electron chi connectivity index (χ0n) is 31.4. The van der Waals surface area contributed by atoms with Crippen molar-refractivity contribution in [3.8, 4) is 29.0 Å². The van der Waals surface area contributed by atoms with E-state index in [1.165, 1.54) is 0 Å². The number of hydrogen-bond donors (Lipinski definition) is 0. The Morgan fingerprint density at radius 1 is 0.345 bits per heavy atom. The number of hydrogen-bond acceptors (Lipinski definition) is 4. The number of nitrogens with zero attached hydrogens (tertiary/aromatic N) is 5. The van der Waals surface area contributed by atoms with Gasteiger partial charge in [-0.15, -0.1) is 0 Å². The van der Waals surface area contributed by atoms with Crippen LogP contribution in [0.1, 0.15) is 0 Å². The van der Waals surface area contributed by atoms with E-state index in [0.717, 1.165) is 70.5 Å². The number of fused-ring (bicyclic) bond motifs is 6. The third-order valence-electron chi connectivity index (χ3n) is 11.1. The van der Waals surface area contributed by atoms with Gasteiger partial charge in [-0.25, -0.2) is 0 Å². The molecule has 0 bridgehead atoms. The van der Waals surface area contributed by atoms with Crippen LogP contribution in [0.25, 0.3) is 66.9 Å². The summed E-state index contributed by atoms with van der Waals surface area (Å²) in [6.07, 6.45) is 0. The minimum atomic E-state index is -3.19. The van der Waals surface area contributed by atoms with Crippen molar-refractivity contribution in [1.82, 2.24) is 24.1 Å². The summed E-state index contributed by atoms with van der Waals surface area (Å²) in [7, 11) is -3.19. The summed E-state index contributed by atoms with van der Waals surface area (Å²) in [6, 6.07) is 73.9. The van der Waals surface area contributed by atoms with E-state index in [9.17, 15) is 0 Å². The molecule has 0 aliphatic heterocycles. The summed E-state index contributed by atoms with van der Waals surface area (Å²) in [4.78, 5) is 16.1. The summed E-state index contributed by atoms with van der Waals surface area (Å²) >= 11 is 0. The van der Waals surface area contributed by atoms with Gasteiger partial charge >= 0.3 is 8.32 Å². The van der Waals surface area contributed by atoms with E-state index in [0.29, 0.717) is 17.7 Å². The summed E-state index contributed by atoms with van der Waals surface area (Å²) < 4.78 is 11.7. The molecule has 0 aliphatic carbocycles. The molecule has 0 aliphatic rings. The predicted octanol–water partition coefficient (Wildman–Crippen LogP) is 9.78. The lowest BCUT2D eigenvalue weighted by atomic mass is 10.2. The predicted molar refractivity (Wildman–Crippen MR) is 239 cm³/mol. The Kier molecular flexibility index (Phi) is 8.05. The van der Waals surface area contributed by atoms with Gasteiger partial charge in [0.05, 0.1) is 22.1 Å². The lowest BCUT2D eigenvalue weighted by molar-refractivity contribution is 0.577. The van der Waals surface area contributed by atoms with E-state index in [4.69, 9.17) is 19.4 Å². The van der Waals surface area contributed by atoms with Gasteiger partial charge in [-0.1, -0.05) is 170 Å². The highest BCUT2D eigenvalue weighted by molar-refractivity contribution is 7.07. The van der Waals surface area contributed by atoms with Gasteiger partial charge in [-0.3, -0.25) is 9.13 Å². The maximum Gasteiger partial charge on any atom is 0.346 e. The first-order chi connectivity index (χ1) is 28.8. The standard InChI is InChI=1S/C51H35N5OSi/c1-4-20-37(21-5-1)57-58(38-22-6-2-7-23-38,39-24-8-3-9-25-39)40-26-18-19-36(35-40)49-52-50(55-45-31-14-10-27-41(45)42-28-11-15-32-46(42)55)54-51(53-49)56-47-33-16-12-29-43(47)44-30-13-17-34-48(44)56/h1-35H. The summed E-state index contributed by atoms with van der Waals surface area (Å²) in [5, 5.41) is 7.90. The highest BCUT2D eigenvalue weighted by Gasteiger charge is 2.44. The number of aromatic nitrogens is 5. The van der Waals surface area contributed by atoms with Gasteiger partial charge in [0, 0.05) is 27.1 Å². The molecule has 0 N–H and O–H groups in total. The minimum Gasteiger partial charge on any atom is -0.530 e. The Morgan fingerprint density at radius 3 is 1.17 bits per heavy atom. The van der Waals surface area contributed by atoms with Crippen LogP contribution >= 0.6 is 0 Å². The lowest BCUT2D eigenvalue weighted by Gasteiger charge is -2.33. The molecule has 0 atom stereocenters. The van der Waals surface area contributed by atoms with Crippen LogP contribution in [0.5, 0.6) is 5.75 Å². The van der Waals surface area contributed by atoms with Crippen LogP contribution in [0.15, 0.2) is 212 Å². The highest BCUT2D eigenvalue weighted by atomic mass is 28.4. The van der Waals surface area contributed by atoms with Crippen LogP contribution in [0, 0.1) is 0 Å². The second-order valence-corrected chi connectivity index (χ2v) is 17.7. The molecule has 0 spiro atoms. The van der Waals surface area contributed by atoms with Gasteiger partial charge in [-0.2, -0.15) is 15.0 Å². The van der Waals surface area contributed by atoms with E-state index < -0.39 is 8.32 Å². The molecular formula is C51H35N5OSi. The second kappa shape index (κ2) is 13.8. The molecule has 0 saturated heterocycles. The third-order valence-corrected chi connectivity index (χ3v) is 15.0. The zero-order valence-corrected chi connectivity index (χ0v) is 32.4. The molecule has 8 aromatic carbocycles. The Morgan fingerprint density at radius 2 is 0.724 bits per heavy atom. The molecular weight excluding hydrogens is 727 g/mol. The molecule has 0 radical (unpaired) electrons. The Labute approximate surface area is 336 Å². The fourth-order valence-electron chi connectivity index (χ4n) is 8.52. The van der Waals surface area contributed by atoms with E-state index in [1.807, 2.05) is 30.3 Å². The monoisotopic (exact) mass is 761 g/mol. The smallest absolute Gasteiger partial charge is 0.346 e. The summed E-state index contributed by atoms with van der Waals surface area (Å²) in [6.45, 7) is 0. The first-order valence-electron chi connectivity index (χ1n) is 19.5. The fourth-order valence-corrected chi connectivity index (χ4v) is 12.4. The molecule has 3 heterocycles. The molecule has 0 unspecified atom stereocenters. The SMILES string of the molecule is c1ccc(O[Si](c2ccccc2)(c2ccccc2)c2cccc(-c3nc(-n4c5ccccc5c5ccccc54)nc(-n4c5ccccc5c5ccccc54)n3)c2)cc1. The van der Waals surface area contributed by atoms with Crippen LogP contribution in [0.3, 0.4) is 0 Å². The molecule has 58 heavy (non-hydrogen) atoms. The largest absolute Gasteiger partial charge is 0.530 e. The van der Waals surface area contributed by atoms with Crippen molar-refractivity contribution in [2.45, 2.75) is 0 Å². The van der Waals surface area contributed by atoms with Crippen LogP contribution in [0.2, 0.25) is 0 Å². The number of benzene rings is 8. The van der Waals surface area contributed by atoms with Crippen LogP contribution in [0.4, 0.5) is 0 Å². The van der Waals surface area contributed by atoms with Crippen molar-refractivity contribution in [2.24, 2.45) is 0 Å². The Hall–Kier alpha value is -7.61. The Balaban J connectivity index is 1.20. The fraction of sp³-hybridized carbons (Fsp3) is 0. The van der Waals surface area contributed by atoms with Crippen LogP contribution in [-0.2, 0) is 0 Å². The molecule has 0 saturated carbocycles. The van der Waals surface area contributed by atoms with E-state index in [1.54, 1.807) is 0 Å². The first-order valence-corrected chi connectivity index (χ1v) is 21.4. The van der Waals surface area contributed by atoms with Gasteiger partial charge < -0.3 is 4.43 Å². The molecule has 6 nitrogen and oxygen atoms in total. The van der Waals surface area contributed by atoms with Gasteiger partial charge in [0.1, 0.15) is 5.75 Å². The second-order valence-electron chi connectivity index (χ2n) is 14.4. The number of rotatable bonds is 8. The summed E-state index contributed by atoms with van der Waals surface area (Å²) in [5.74, 6) is 2.46. The van der Waals surface area contributed by atoms with Crippen molar-refractivity contribution in [3.05, 3.63) is 212 Å². The molecule has 3 aromatic heterocycles. The minimum absolute atomic E-state index is 0.542. The van der Waals surface area contributed by atoms with Crippen molar-refractivity contribution in [2.75, 3.05) is 0 Å². The topological polar surface area (TPSA) is 57.8 Å². The van der Waals surface area contributed by atoms with Gasteiger partial charge in [0.15, 0.2) is 5.82 Å². The maximum atomic E-state index is 7.39. The third kappa shape index (κ3) is 5.44. The molecule has 7 heteroatoms. The van der Waals surface area contributed by atoms with Crippen molar-refractivity contribution in [3.63, 3.8) is 0 Å². The van der Waals surface area contributed by atoms with Gasteiger partial charge in [0.2, 0.25) is 11.9 Å². The first kappa shape index (κ1) is 33.7. The van der Waals surface area contributed by atoms with Gasteiger partial charge in [0.25, 0.3) is 0 Å².